The predicted octanol–water partition coefficient (Wildman–Crippen LogP) is 2.48. The molecule has 0 bridgehead atoms. The molecule has 1 aliphatic rings. The molecule has 1 fully saturated rings. The van der Waals surface area contributed by atoms with E-state index >= 15 is 0 Å². The number of anilines is 1. The second-order valence-corrected chi connectivity index (χ2v) is 5.07. The number of hydrogen-bond donors (Lipinski definition) is 2. The fourth-order valence-corrected chi connectivity index (χ4v) is 1.80. The molecule has 0 radical (unpaired) electrons. The number of carboxylic acids is 1. The number of carbonyl (C=O) groups is 3. The average molecular weight is 287 g/mol. The van der Waals surface area contributed by atoms with Crippen molar-refractivity contribution in [2.24, 2.45) is 5.92 Å². The van der Waals surface area contributed by atoms with Gasteiger partial charge in [0.2, 0.25) is 5.91 Å². The van der Waals surface area contributed by atoms with E-state index in [1.54, 1.807) is 36.4 Å². The zero-order valence-corrected chi connectivity index (χ0v) is 11.5. The van der Waals surface area contributed by atoms with Crippen LogP contribution in [-0.2, 0) is 14.4 Å². The van der Waals surface area contributed by atoms with Crippen molar-refractivity contribution in [1.82, 2.24) is 0 Å². The first-order valence-corrected chi connectivity index (χ1v) is 6.88. The number of allylic oxidation sites excluding steroid dienone is 1. The van der Waals surface area contributed by atoms with Crippen LogP contribution in [0.3, 0.4) is 0 Å². The number of nitrogens with one attached hydrogen (secondary N) is 1. The van der Waals surface area contributed by atoms with E-state index in [0.717, 1.165) is 18.4 Å². The predicted molar refractivity (Wildman–Crippen MR) is 78.7 cm³/mol. The molecule has 110 valence electrons. The molecular formula is C16H17NO4. The SMILES string of the molecule is O=C(O)CCC(=O)Nc1ccc(/C=C/C(=O)C2CC2)cc1. The first kappa shape index (κ1) is 15.0. The zero-order chi connectivity index (χ0) is 15.2. The van der Waals surface area contributed by atoms with Crippen LogP contribution in [0.1, 0.15) is 31.2 Å². The van der Waals surface area contributed by atoms with Crippen molar-refractivity contribution >= 4 is 29.4 Å². The summed E-state index contributed by atoms with van der Waals surface area (Å²) in [4.78, 5) is 33.4. The number of ketones is 1. The van der Waals surface area contributed by atoms with Crippen molar-refractivity contribution in [2.75, 3.05) is 5.32 Å². The van der Waals surface area contributed by atoms with Crippen LogP contribution in [0, 0.1) is 5.92 Å². The molecule has 0 atom stereocenters. The van der Waals surface area contributed by atoms with E-state index in [2.05, 4.69) is 5.32 Å². The zero-order valence-electron chi connectivity index (χ0n) is 11.5. The third-order valence-corrected chi connectivity index (χ3v) is 3.18. The quantitative estimate of drug-likeness (QED) is 0.755. The Hall–Kier alpha value is -2.43. The molecule has 1 aliphatic carbocycles. The molecule has 1 saturated carbocycles. The first-order valence-electron chi connectivity index (χ1n) is 6.88. The van der Waals surface area contributed by atoms with E-state index < -0.39 is 5.97 Å². The van der Waals surface area contributed by atoms with Gasteiger partial charge in [-0.3, -0.25) is 14.4 Å². The number of carbonyl (C=O) groups excluding carboxylic acids is 2. The van der Waals surface area contributed by atoms with Crippen LogP contribution in [0.5, 0.6) is 0 Å². The summed E-state index contributed by atoms with van der Waals surface area (Å²) in [6, 6.07) is 7.03. The van der Waals surface area contributed by atoms with Crippen molar-refractivity contribution in [2.45, 2.75) is 25.7 Å². The van der Waals surface area contributed by atoms with Crippen LogP contribution in [0.25, 0.3) is 6.08 Å². The highest BCUT2D eigenvalue weighted by Crippen LogP contribution is 2.30. The monoisotopic (exact) mass is 287 g/mol. The van der Waals surface area contributed by atoms with Gasteiger partial charge in [-0.25, -0.2) is 0 Å². The Kier molecular flexibility index (Phi) is 4.87. The lowest BCUT2D eigenvalue weighted by molar-refractivity contribution is -0.138. The fourth-order valence-electron chi connectivity index (χ4n) is 1.80. The van der Waals surface area contributed by atoms with Crippen LogP contribution in [0.15, 0.2) is 30.3 Å². The Morgan fingerprint density at radius 2 is 1.81 bits per heavy atom. The molecule has 21 heavy (non-hydrogen) atoms. The van der Waals surface area contributed by atoms with Gasteiger partial charge in [0, 0.05) is 18.0 Å². The number of amides is 1. The standard InChI is InChI=1S/C16H17NO4/c18-14(12-4-5-12)8-3-11-1-6-13(7-2-11)17-15(19)9-10-16(20)21/h1-3,6-8,12H,4-5,9-10H2,(H,17,19)(H,20,21)/b8-3+. The van der Waals surface area contributed by atoms with Gasteiger partial charge in [-0.05, 0) is 36.6 Å². The summed E-state index contributed by atoms with van der Waals surface area (Å²) >= 11 is 0. The number of carboxylic acid groups (broad SMARTS) is 1. The van der Waals surface area contributed by atoms with E-state index in [1.165, 1.54) is 0 Å². The Morgan fingerprint density at radius 3 is 2.38 bits per heavy atom. The smallest absolute Gasteiger partial charge is 0.303 e. The first-order chi connectivity index (χ1) is 10.0. The molecule has 5 nitrogen and oxygen atoms in total. The van der Waals surface area contributed by atoms with Crippen LogP contribution in [0.2, 0.25) is 0 Å². The van der Waals surface area contributed by atoms with Crippen molar-refractivity contribution in [3.63, 3.8) is 0 Å². The number of aliphatic carboxylic acids is 1. The van der Waals surface area contributed by atoms with E-state index in [4.69, 9.17) is 5.11 Å². The van der Waals surface area contributed by atoms with Crippen LogP contribution in [-0.4, -0.2) is 22.8 Å². The molecule has 2 rings (SSSR count). The number of benzene rings is 1. The van der Waals surface area contributed by atoms with Crippen molar-refractivity contribution in [1.29, 1.82) is 0 Å². The molecule has 0 heterocycles. The number of rotatable bonds is 7. The van der Waals surface area contributed by atoms with Gasteiger partial charge in [0.15, 0.2) is 5.78 Å². The topological polar surface area (TPSA) is 83.5 Å². The molecule has 1 aromatic rings. The minimum atomic E-state index is -0.994. The molecule has 0 aliphatic heterocycles. The highest BCUT2D eigenvalue weighted by Gasteiger charge is 2.27. The van der Waals surface area contributed by atoms with Gasteiger partial charge in [-0.1, -0.05) is 18.2 Å². The van der Waals surface area contributed by atoms with Gasteiger partial charge in [0.1, 0.15) is 0 Å². The van der Waals surface area contributed by atoms with Gasteiger partial charge in [0.25, 0.3) is 0 Å². The van der Waals surface area contributed by atoms with E-state index in [9.17, 15) is 14.4 Å². The summed E-state index contributed by atoms with van der Waals surface area (Å²) < 4.78 is 0. The Labute approximate surface area is 122 Å². The fraction of sp³-hybridized carbons (Fsp3) is 0.312. The van der Waals surface area contributed by atoms with Crippen molar-refractivity contribution in [3.8, 4) is 0 Å². The summed E-state index contributed by atoms with van der Waals surface area (Å²) in [5, 5.41) is 11.1. The second kappa shape index (κ2) is 6.83. The minimum absolute atomic E-state index is 0.0487. The van der Waals surface area contributed by atoms with Crippen LogP contribution >= 0.6 is 0 Å². The molecule has 0 aromatic heterocycles. The Morgan fingerprint density at radius 1 is 1.14 bits per heavy atom. The molecule has 0 spiro atoms. The highest BCUT2D eigenvalue weighted by atomic mass is 16.4. The largest absolute Gasteiger partial charge is 0.481 e. The Bertz CT molecular complexity index is 570. The van der Waals surface area contributed by atoms with E-state index in [1.807, 2.05) is 0 Å². The maximum absolute atomic E-state index is 11.5. The lowest BCUT2D eigenvalue weighted by atomic mass is 10.1. The summed E-state index contributed by atoms with van der Waals surface area (Å²) in [7, 11) is 0. The van der Waals surface area contributed by atoms with Gasteiger partial charge in [-0.15, -0.1) is 0 Å². The van der Waals surface area contributed by atoms with E-state index in [0.29, 0.717) is 5.69 Å². The highest BCUT2D eigenvalue weighted by molar-refractivity contribution is 5.97. The van der Waals surface area contributed by atoms with Crippen LogP contribution in [0.4, 0.5) is 5.69 Å². The number of hydrogen-bond acceptors (Lipinski definition) is 3. The van der Waals surface area contributed by atoms with Crippen molar-refractivity contribution in [3.05, 3.63) is 35.9 Å². The lowest BCUT2D eigenvalue weighted by Crippen LogP contribution is -2.13. The lowest BCUT2D eigenvalue weighted by Gasteiger charge is -2.04. The minimum Gasteiger partial charge on any atom is -0.481 e. The maximum atomic E-state index is 11.5. The summed E-state index contributed by atoms with van der Waals surface area (Å²) in [6.45, 7) is 0. The molecule has 5 heteroatoms. The summed E-state index contributed by atoms with van der Waals surface area (Å²) in [6.07, 6.45) is 5.10. The maximum Gasteiger partial charge on any atom is 0.303 e. The molecule has 1 aromatic carbocycles. The van der Waals surface area contributed by atoms with Gasteiger partial charge in [0.05, 0.1) is 6.42 Å². The third kappa shape index (κ3) is 5.22. The molecule has 0 unspecified atom stereocenters. The molecule has 0 saturated heterocycles. The molecular weight excluding hydrogens is 270 g/mol. The average Bonchev–Trinajstić information content (AvgIpc) is 3.28. The van der Waals surface area contributed by atoms with Gasteiger partial charge in [-0.2, -0.15) is 0 Å². The van der Waals surface area contributed by atoms with Crippen molar-refractivity contribution < 1.29 is 19.5 Å². The van der Waals surface area contributed by atoms with Crippen LogP contribution < -0.4 is 5.32 Å². The normalized spacial score (nSPS) is 14.1. The second-order valence-electron chi connectivity index (χ2n) is 5.07. The van der Waals surface area contributed by atoms with Gasteiger partial charge >= 0.3 is 5.97 Å². The van der Waals surface area contributed by atoms with E-state index in [-0.39, 0.29) is 30.4 Å². The van der Waals surface area contributed by atoms with Gasteiger partial charge < -0.3 is 10.4 Å². The Balaban J connectivity index is 1.85. The molecule has 1 amide bonds. The summed E-state index contributed by atoms with van der Waals surface area (Å²) in [5.41, 5.74) is 1.49. The molecule has 2 N–H and O–H groups in total. The summed E-state index contributed by atoms with van der Waals surface area (Å²) in [5.74, 6) is -0.939. The third-order valence-electron chi connectivity index (χ3n) is 3.18.